The zero-order chi connectivity index (χ0) is 26.2. The number of hydrogen-bond donors (Lipinski definition) is 4. The highest BCUT2D eigenvalue weighted by molar-refractivity contribution is 6.30. The van der Waals surface area contributed by atoms with Gasteiger partial charge in [0, 0.05) is 30.5 Å². The number of likely N-dealkylation sites (tertiary alicyclic amines) is 1. The number of fused-ring (bicyclic) bond motifs is 1. The minimum absolute atomic E-state index is 0.0912. The third-order valence-corrected chi connectivity index (χ3v) is 8.15. The molecule has 0 radical (unpaired) electrons. The van der Waals surface area contributed by atoms with Crippen molar-refractivity contribution in [1.29, 1.82) is 0 Å². The second-order valence-electron chi connectivity index (χ2n) is 10.5. The van der Waals surface area contributed by atoms with Gasteiger partial charge in [0.15, 0.2) is 0 Å². The quantitative estimate of drug-likeness (QED) is 0.362. The smallest absolute Gasteiger partial charge is 0.405 e. The maximum absolute atomic E-state index is 13.6. The molecule has 2 saturated heterocycles. The number of amides is 4. The Kier molecular flexibility index (Phi) is 7.26. The lowest BCUT2D eigenvalue weighted by Crippen LogP contribution is -2.57. The minimum Gasteiger partial charge on any atom is -0.465 e. The van der Waals surface area contributed by atoms with Crippen molar-refractivity contribution in [3.63, 3.8) is 0 Å². The number of aldehydes is 1. The number of halogens is 1. The van der Waals surface area contributed by atoms with Crippen molar-refractivity contribution in [2.45, 2.75) is 51.2 Å². The van der Waals surface area contributed by atoms with Crippen molar-refractivity contribution in [3.05, 3.63) is 34.9 Å². The van der Waals surface area contributed by atoms with Crippen LogP contribution >= 0.6 is 11.6 Å². The number of benzene rings is 1. The van der Waals surface area contributed by atoms with Crippen molar-refractivity contribution in [1.82, 2.24) is 20.9 Å². The molecule has 11 heteroatoms. The van der Waals surface area contributed by atoms with E-state index in [-0.39, 0.29) is 41.9 Å². The molecule has 10 nitrogen and oxygen atoms in total. The summed E-state index contributed by atoms with van der Waals surface area (Å²) in [5.41, 5.74) is 0.556. The highest BCUT2D eigenvalue weighted by Gasteiger charge is 2.69. The van der Waals surface area contributed by atoms with Gasteiger partial charge in [-0.1, -0.05) is 37.6 Å². The molecule has 1 aromatic rings. The first kappa shape index (κ1) is 25.9. The molecule has 4 amide bonds. The molecule has 4 rings (SSSR count). The first-order valence-electron chi connectivity index (χ1n) is 12.1. The first-order valence-corrected chi connectivity index (χ1v) is 12.5. The summed E-state index contributed by atoms with van der Waals surface area (Å²) < 4.78 is 0. The lowest BCUT2D eigenvalue weighted by molar-refractivity contribution is -0.142. The highest BCUT2D eigenvalue weighted by atomic mass is 35.5. The number of piperidine rings is 1. The van der Waals surface area contributed by atoms with E-state index >= 15 is 0 Å². The standard InChI is InChI=1S/C25H31ClN4O6/c1-25(2)17-11-30(23(34)18(29-24(35)36)9-13-3-5-15(26)6-4-13)20(19(17)25)22(33)28-16(12-31)10-14-7-8-27-21(14)32/h3-6,12,14,16-20,29H,7-11H2,1-2H3,(H,27,32)(H,28,33)(H,35,36)/t14-,16-,17-,18-,19-,20-/m0/s1. The molecule has 0 aromatic heterocycles. The van der Waals surface area contributed by atoms with Gasteiger partial charge >= 0.3 is 6.09 Å². The lowest BCUT2D eigenvalue weighted by atomic mass is 9.96. The SMILES string of the molecule is CC1(C)[C@@H]2[C@@H](C(=O)N[C@H](C=O)C[C@@H]3CCNC3=O)N(C(=O)[C@H](Cc3ccc(Cl)cc3)NC(=O)O)C[C@@H]21. The number of nitrogens with one attached hydrogen (secondary N) is 3. The van der Waals surface area contributed by atoms with Gasteiger partial charge in [0.05, 0.1) is 6.04 Å². The van der Waals surface area contributed by atoms with Crippen molar-refractivity contribution < 1.29 is 29.1 Å². The third kappa shape index (κ3) is 5.18. The molecule has 36 heavy (non-hydrogen) atoms. The van der Waals surface area contributed by atoms with Crippen LogP contribution in [0.5, 0.6) is 0 Å². The Bertz CT molecular complexity index is 1060. The fourth-order valence-electron chi connectivity index (χ4n) is 5.81. The fourth-order valence-corrected chi connectivity index (χ4v) is 5.94. The van der Waals surface area contributed by atoms with E-state index in [9.17, 15) is 29.1 Å². The Hall–Kier alpha value is -3.14. The second-order valence-corrected chi connectivity index (χ2v) is 10.9. The van der Waals surface area contributed by atoms with Gasteiger partial charge in [0.2, 0.25) is 17.7 Å². The van der Waals surface area contributed by atoms with E-state index in [2.05, 4.69) is 16.0 Å². The van der Waals surface area contributed by atoms with Crippen LogP contribution in [0.4, 0.5) is 4.79 Å². The summed E-state index contributed by atoms with van der Waals surface area (Å²) in [6, 6.07) is 3.97. The predicted molar refractivity (Wildman–Crippen MR) is 130 cm³/mol. The van der Waals surface area contributed by atoms with Crippen molar-refractivity contribution in [2.75, 3.05) is 13.1 Å². The number of carbonyl (C=O) groups excluding carboxylic acids is 4. The number of carboxylic acid groups (broad SMARTS) is 1. The van der Waals surface area contributed by atoms with Gasteiger partial charge in [-0.05, 0) is 47.8 Å². The molecular weight excluding hydrogens is 488 g/mol. The molecule has 1 aromatic carbocycles. The van der Waals surface area contributed by atoms with Crippen LogP contribution in [0.1, 0.15) is 32.3 Å². The second kappa shape index (κ2) is 10.1. The monoisotopic (exact) mass is 518 g/mol. The molecule has 4 N–H and O–H groups in total. The van der Waals surface area contributed by atoms with E-state index in [1.807, 2.05) is 13.8 Å². The zero-order valence-electron chi connectivity index (χ0n) is 20.2. The summed E-state index contributed by atoms with van der Waals surface area (Å²) in [7, 11) is 0. The topological polar surface area (TPSA) is 145 Å². The highest BCUT2D eigenvalue weighted by Crippen LogP contribution is 2.64. The Morgan fingerprint density at radius 2 is 1.94 bits per heavy atom. The van der Waals surface area contributed by atoms with E-state index in [0.29, 0.717) is 36.4 Å². The third-order valence-electron chi connectivity index (χ3n) is 7.90. The molecular formula is C25H31ClN4O6. The Morgan fingerprint density at radius 1 is 1.25 bits per heavy atom. The summed E-state index contributed by atoms with van der Waals surface area (Å²) in [5.74, 6) is -1.46. The first-order chi connectivity index (χ1) is 17.0. The van der Waals surface area contributed by atoms with E-state index in [0.717, 1.165) is 0 Å². The molecule has 6 atom stereocenters. The molecule has 1 saturated carbocycles. The molecule has 1 aliphatic carbocycles. The van der Waals surface area contributed by atoms with Crippen LogP contribution < -0.4 is 16.0 Å². The summed E-state index contributed by atoms with van der Waals surface area (Å²) in [4.78, 5) is 63.6. The van der Waals surface area contributed by atoms with Crippen LogP contribution in [0.15, 0.2) is 24.3 Å². The van der Waals surface area contributed by atoms with Gasteiger partial charge in [-0.25, -0.2) is 4.79 Å². The zero-order valence-corrected chi connectivity index (χ0v) is 21.0. The summed E-state index contributed by atoms with van der Waals surface area (Å²) >= 11 is 5.94. The molecule has 2 aliphatic heterocycles. The maximum Gasteiger partial charge on any atom is 0.405 e. The fraction of sp³-hybridized carbons (Fsp3) is 0.560. The number of carbonyl (C=O) groups is 5. The molecule has 3 aliphatic rings. The van der Waals surface area contributed by atoms with Crippen LogP contribution in [0.3, 0.4) is 0 Å². The minimum atomic E-state index is -1.34. The van der Waals surface area contributed by atoms with Gasteiger partial charge in [0.25, 0.3) is 0 Å². The van der Waals surface area contributed by atoms with Crippen LogP contribution in [-0.4, -0.2) is 71.3 Å². The van der Waals surface area contributed by atoms with E-state index in [1.165, 1.54) is 4.90 Å². The average Bonchev–Trinajstić information content (AvgIpc) is 3.18. The lowest BCUT2D eigenvalue weighted by Gasteiger charge is -2.33. The van der Waals surface area contributed by atoms with Crippen LogP contribution in [0.25, 0.3) is 0 Å². The molecule has 0 unspecified atom stereocenters. The Balaban J connectivity index is 1.51. The van der Waals surface area contributed by atoms with Crippen LogP contribution in [-0.2, 0) is 25.6 Å². The van der Waals surface area contributed by atoms with Crippen molar-refractivity contribution in [2.24, 2.45) is 23.2 Å². The van der Waals surface area contributed by atoms with Gasteiger partial charge in [-0.3, -0.25) is 14.4 Å². The number of rotatable bonds is 9. The van der Waals surface area contributed by atoms with Crippen LogP contribution in [0, 0.1) is 23.2 Å². The van der Waals surface area contributed by atoms with Gasteiger partial charge < -0.3 is 30.8 Å². The molecule has 2 heterocycles. The summed E-state index contributed by atoms with van der Waals surface area (Å²) in [6.45, 7) is 4.93. The summed E-state index contributed by atoms with van der Waals surface area (Å²) in [5, 5.41) is 17.6. The molecule has 0 spiro atoms. The number of hydrogen-bond acceptors (Lipinski definition) is 5. The van der Waals surface area contributed by atoms with Gasteiger partial charge in [-0.15, -0.1) is 0 Å². The molecule has 0 bridgehead atoms. The van der Waals surface area contributed by atoms with E-state index in [1.54, 1.807) is 24.3 Å². The largest absolute Gasteiger partial charge is 0.465 e. The molecule has 194 valence electrons. The summed E-state index contributed by atoms with van der Waals surface area (Å²) in [6.07, 6.45) is 0.162. The van der Waals surface area contributed by atoms with Crippen LogP contribution in [0.2, 0.25) is 5.02 Å². The predicted octanol–water partition coefficient (Wildman–Crippen LogP) is 1.21. The van der Waals surface area contributed by atoms with E-state index < -0.39 is 36.0 Å². The Labute approximate surface area is 214 Å². The van der Waals surface area contributed by atoms with Crippen molar-refractivity contribution >= 4 is 41.7 Å². The van der Waals surface area contributed by atoms with Crippen molar-refractivity contribution in [3.8, 4) is 0 Å². The van der Waals surface area contributed by atoms with Gasteiger partial charge in [0.1, 0.15) is 18.4 Å². The van der Waals surface area contributed by atoms with Gasteiger partial charge in [-0.2, -0.15) is 0 Å². The maximum atomic E-state index is 13.6. The van der Waals surface area contributed by atoms with E-state index in [4.69, 9.17) is 11.6 Å². The Morgan fingerprint density at radius 3 is 2.53 bits per heavy atom. The molecule has 3 fully saturated rings. The normalized spacial score (nSPS) is 27.4. The average molecular weight is 519 g/mol. The number of nitrogens with zero attached hydrogens (tertiary/aromatic N) is 1.